The van der Waals surface area contributed by atoms with E-state index in [4.69, 9.17) is 4.42 Å². The molecule has 2 heterocycles. The van der Waals surface area contributed by atoms with Crippen LogP contribution in [0.5, 0.6) is 0 Å². The second kappa shape index (κ2) is 6.03. The zero-order valence-electron chi connectivity index (χ0n) is 11.0. The lowest BCUT2D eigenvalue weighted by molar-refractivity contribution is 0.493. The first kappa shape index (κ1) is 13.7. The third kappa shape index (κ3) is 3.08. The molecule has 0 saturated carbocycles. The number of nitrogens with one attached hydrogen (secondary N) is 1. The molecule has 0 radical (unpaired) electrons. The predicted molar refractivity (Wildman–Crippen MR) is 86.6 cm³/mol. The quantitative estimate of drug-likeness (QED) is 0.798. The SMILES string of the molecule is Fc1cc(NCc2ccc(I)o2)ccc1N1CCCC1. The largest absolute Gasteiger partial charge is 0.454 e. The lowest BCUT2D eigenvalue weighted by Gasteiger charge is -2.18. The number of rotatable bonds is 4. The van der Waals surface area contributed by atoms with Gasteiger partial charge in [0.2, 0.25) is 0 Å². The van der Waals surface area contributed by atoms with Crippen molar-refractivity contribution in [2.75, 3.05) is 23.3 Å². The van der Waals surface area contributed by atoms with Crippen LogP contribution >= 0.6 is 22.6 Å². The molecule has 0 aliphatic carbocycles. The van der Waals surface area contributed by atoms with Gasteiger partial charge in [-0.1, -0.05) is 0 Å². The molecule has 1 N–H and O–H groups in total. The maximum absolute atomic E-state index is 14.1. The van der Waals surface area contributed by atoms with E-state index >= 15 is 0 Å². The van der Waals surface area contributed by atoms with Crippen molar-refractivity contribution in [2.45, 2.75) is 19.4 Å². The minimum absolute atomic E-state index is 0.161. The summed E-state index contributed by atoms with van der Waals surface area (Å²) in [5.74, 6) is 0.685. The monoisotopic (exact) mass is 386 g/mol. The van der Waals surface area contributed by atoms with Gasteiger partial charge in [0.25, 0.3) is 0 Å². The van der Waals surface area contributed by atoms with Gasteiger partial charge in [-0.2, -0.15) is 0 Å². The fourth-order valence-corrected chi connectivity index (χ4v) is 2.93. The number of anilines is 2. The molecule has 3 nitrogen and oxygen atoms in total. The highest BCUT2D eigenvalue weighted by atomic mass is 127. The van der Waals surface area contributed by atoms with Gasteiger partial charge in [-0.3, -0.25) is 0 Å². The van der Waals surface area contributed by atoms with Gasteiger partial charge in [0.05, 0.1) is 12.2 Å². The summed E-state index contributed by atoms with van der Waals surface area (Å²) in [6.45, 7) is 2.47. The average Bonchev–Trinajstić information content (AvgIpc) is 3.08. The van der Waals surface area contributed by atoms with E-state index in [0.717, 1.165) is 41.1 Å². The fourth-order valence-electron chi connectivity index (χ4n) is 2.47. The zero-order valence-corrected chi connectivity index (χ0v) is 13.2. The van der Waals surface area contributed by atoms with Gasteiger partial charge < -0.3 is 14.6 Å². The van der Waals surface area contributed by atoms with Gasteiger partial charge in [0, 0.05) is 18.8 Å². The van der Waals surface area contributed by atoms with Crippen LogP contribution in [0.1, 0.15) is 18.6 Å². The normalized spacial score (nSPS) is 14.8. The van der Waals surface area contributed by atoms with E-state index in [1.807, 2.05) is 24.3 Å². The molecule has 1 aliphatic rings. The Kier molecular flexibility index (Phi) is 4.14. The Morgan fingerprint density at radius 1 is 1.20 bits per heavy atom. The van der Waals surface area contributed by atoms with Crippen molar-refractivity contribution in [3.63, 3.8) is 0 Å². The minimum Gasteiger partial charge on any atom is -0.454 e. The standard InChI is InChI=1S/C15H16FIN2O/c16-13-9-11(18-10-12-4-6-15(17)20-12)3-5-14(13)19-7-1-2-8-19/h3-6,9,18H,1-2,7-8,10H2. The van der Waals surface area contributed by atoms with Crippen LogP contribution in [-0.2, 0) is 6.54 Å². The molecule has 1 aromatic heterocycles. The number of hydrogen-bond acceptors (Lipinski definition) is 3. The van der Waals surface area contributed by atoms with Crippen LogP contribution in [0.2, 0.25) is 0 Å². The molecule has 0 bridgehead atoms. The van der Waals surface area contributed by atoms with Crippen LogP contribution in [0.3, 0.4) is 0 Å². The van der Waals surface area contributed by atoms with E-state index in [0.29, 0.717) is 12.2 Å². The van der Waals surface area contributed by atoms with Crippen LogP contribution < -0.4 is 10.2 Å². The lowest BCUT2D eigenvalue weighted by Crippen LogP contribution is -2.18. The van der Waals surface area contributed by atoms with Crippen LogP contribution in [0.25, 0.3) is 0 Å². The van der Waals surface area contributed by atoms with Crippen molar-refractivity contribution in [3.8, 4) is 0 Å². The molecule has 0 unspecified atom stereocenters. The molecular weight excluding hydrogens is 370 g/mol. The second-order valence-electron chi connectivity index (χ2n) is 4.92. The van der Waals surface area contributed by atoms with Crippen LogP contribution in [0.15, 0.2) is 34.7 Å². The highest BCUT2D eigenvalue weighted by Gasteiger charge is 2.16. The van der Waals surface area contributed by atoms with Crippen LogP contribution in [0.4, 0.5) is 15.8 Å². The Morgan fingerprint density at radius 2 is 2.00 bits per heavy atom. The van der Waals surface area contributed by atoms with Crippen molar-refractivity contribution in [1.82, 2.24) is 0 Å². The van der Waals surface area contributed by atoms with Crippen molar-refractivity contribution in [3.05, 3.63) is 45.7 Å². The molecule has 1 saturated heterocycles. The maximum Gasteiger partial charge on any atom is 0.164 e. The number of benzene rings is 1. The van der Waals surface area contributed by atoms with Crippen LogP contribution in [-0.4, -0.2) is 13.1 Å². The Morgan fingerprint density at radius 3 is 2.65 bits per heavy atom. The average molecular weight is 386 g/mol. The molecular formula is C15H16FIN2O. The molecule has 2 aromatic rings. The van der Waals surface area contributed by atoms with E-state index in [-0.39, 0.29) is 5.82 Å². The van der Waals surface area contributed by atoms with Crippen molar-refractivity contribution in [1.29, 1.82) is 0 Å². The summed E-state index contributed by atoms with van der Waals surface area (Å²) in [4.78, 5) is 2.11. The van der Waals surface area contributed by atoms with Crippen LogP contribution in [0, 0.1) is 9.58 Å². The summed E-state index contributed by atoms with van der Waals surface area (Å²) < 4.78 is 20.4. The predicted octanol–water partition coefficient (Wildman–Crippen LogP) is 4.24. The highest BCUT2D eigenvalue weighted by Crippen LogP contribution is 2.26. The summed E-state index contributed by atoms with van der Waals surface area (Å²) in [7, 11) is 0. The molecule has 3 rings (SSSR count). The van der Waals surface area contributed by atoms with Gasteiger partial charge in [-0.25, -0.2) is 4.39 Å². The van der Waals surface area contributed by atoms with E-state index in [9.17, 15) is 4.39 Å². The molecule has 0 spiro atoms. The second-order valence-corrected chi connectivity index (χ2v) is 5.98. The molecule has 5 heteroatoms. The first-order valence-electron chi connectivity index (χ1n) is 6.75. The van der Waals surface area contributed by atoms with Gasteiger partial charge in [-0.15, -0.1) is 0 Å². The van der Waals surface area contributed by atoms with E-state index < -0.39 is 0 Å². The number of halogens is 2. The lowest BCUT2D eigenvalue weighted by atomic mass is 10.2. The third-order valence-electron chi connectivity index (χ3n) is 3.49. The van der Waals surface area contributed by atoms with Crippen molar-refractivity contribution >= 4 is 34.0 Å². The topological polar surface area (TPSA) is 28.4 Å². The summed E-state index contributed by atoms with van der Waals surface area (Å²) in [6, 6.07) is 9.17. The number of hydrogen-bond donors (Lipinski definition) is 1. The Labute approximate surface area is 131 Å². The Bertz CT molecular complexity index is 593. The molecule has 0 amide bonds. The number of nitrogens with zero attached hydrogens (tertiary/aromatic N) is 1. The minimum atomic E-state index is -0.161. The highest BCUT2D eigenvalue weighted by molar-refractivity contribution is 14.1. The molecule has 1 aromatic carbocycles. The molecule has 1 fully saturated rings. The maximum atomic E-state index is 14.1. The Balaban J connectivity index is 1.67. The van der Waals surface area contributed by atoms with Crippen molar-refractivity contribution in [2.24, 2.45) is 0 Å². The molecule has 1 aliphatic heterocycles. The van der Waals surface area contributed by atoms with Gasteiger partial charge >= 0.3 is 0 Å². The fraction of sp³-hybridized carbons (Fsp3) is 0.333. The summed E-state index contributed by atoms with van der Waals surface area (Å²) in [5, 5.41) is 3.18. The van der Waals surface area contributed by atoms with Gasteiger partial charge in [-0.05, 0) is 65.8 Å². The van der Waals surface area contributed by atoms with Crippen molar-refractivity contribution < 1.29 is 8.81 Å². The van der Waals surface area contributed by atoms with Gasteiger partial charge in [0.15, 0.2) is 3.77 Å². The third-order valence-corrected chi connectivity index (χ3v) is 4.07. The van der Waals surface area contributed by atoms with E-state index in [1.165, 1.54) is 0 Å². The first-order chi connectivity index (χ1) is 9.72. The summed E-state index contributed by atoms with van der Waals surface area (Å²) >= 11 is 2.13. The molecule has 0 atom stereocenters. The summed E-state index contributed by atoms with van der Waals surface area (Å²) in [6.07, 6.45) is 2.30. The molecule has 106 valence electrons. The van der Waals surface area contributed by atoms with E-state index in [2.05, 4.69) is 32.8 Å². The zero-order chi connectivity index (χ0) is 13.9. The Hall–Kier alpha value is -1.24. The van der Waals surface area contributed by atoms with E-state index in [1.54, 1.807) is 6.07 Å². The first-order valence-corrected chi connectivity index (χ1v) is 7.83. The van der Waals surface area contributed by atoms with Gasteiger partial charge in [0.1, 0.15) is 11.6 Å². The summed E-state index contributed by atoms with van der Waals surface area (Å²) in [5.41, 5.74) is 1.48. The molecule has 20 heavy (non-hydrogen) atoms. The number of furan rings is 1. The smallest absolute Gasteiger partial charge is 0.164 e.